The van der Waals surface area contributed by atoms with Gasteiger partial charge in [-0.3, -0.25) is 18.7 Å². The summed E-state index contributed by atoms with van der Waals surface area (Å²) < 4.78 is 2.55. The van der Waals surface area contributed by atoms with Crippen molar-refractivity contribution < 1.29 is 9.90 Å². The van der Waals surface area contributed by atoms with E-state index in [0.29, 0.717) is 16.4 Å². The molecule has 172 valence electrons. The molecule has 0 fully saturated rings. The zero-order valence-corrected chi connectivity index (χ0v) is 21.1. The Morgan fingerprint density at radius 3 is 2.45 bits per heavy atom. The molecule has 0 spiro atoms. The highest BCUT2D eigenvalue weighted by Gasteiger charge is 2.22. The van der Waals surface area contributed by atoms with Gasteiger partial charge in [-0.05, 0) is 64.8 Å². The van der Waals surface area contributed by atoms with Crippen molar-refractivity contribution in [3.8, 4) is 5.88 Å². The number of hydrogen-bond acceptors (Lipinski definition) is 6. The lowest BCUT2D eigenvalue weighted by molar-refractivity contribution is -0.113. The smallest absolute Gasteiger partial charge is 0.333 e. The number of anilines is 1. The Bertz CT molecular complexity index is 1370. The first-order valence-electron chi connectivity index (χ1n) is 9.61. The van der Waals surface area contributed by atoms with Crippen LogP contribution in [0.25, 0.3) is 0 Å². The van der Waals surface area contributed by atoms with Gasteiger partial charge in [0.25, 0.3) is 5.56 Å². The Morgan fingerprint density at radius 2 is 1.82 bits per heavy atom. The quantitative estimate of drug-likeness (QED) is 0.369. The van der Waals surface area contributed by atoms with Crippen molar-refractivity contribution in [2.45, 2.75) is 6.92 Å². The number of aliphatic imine (C=N–C) groups is 1. The zero-order valence-electron chi connectivity index (χ0n) is 17.9. The lowest BCUT2D eigenvalue weighted by Crippen LogP contribution is -2.39. The summed E-state index contributed by atoms with van der Waals surface area (Å²) in [7, 11) is 2.65. The maximum atomic E-state index is 12.8. The largest absolute Gasteiger partial charge is 0.494 e. The average molecular weight is 552 g/mol. The molecule has 0 atom stereocenters. The highest BCUT2D eigenvalue weighted by Crippen LogP contribution is 2.26. The van der Waals surface area contributed by atoms with E-state index in [1.165, 1.54) is 14.1 Å². The van der Waals surface area contributed by atoms with Crippen LogP contribution in [0.2, 0.25) is 5.02 Å². The van der Waals surface area contributed by atoms with E-state index >= 15 is 0 Å². The minimum absolute atomic E-state index is 0.0872. The van der Waals surface area contributed by atoms with Gasteiger partial charge < -0.3 is 10.4 Å². The molecule has 3 aromatic rings. The van der Waals surface area contributed by atoms with Crippen LogP contribution in [0.5, 0.6) is 5.88 Å². The lowest BCUT2D eigenvalue weighted by Gasteiger charge is -2.13. The molecule has 1 heterocycles. The third-order valence-electron chi connectivity index (χ3n) is 4.64. The van der Waals surface area contributed by atoms with E-state index in [1.54, 1.807) is 30.3 Å². The first-order chi connectivity index (χ1) is 15.6. The molecule has 0 bridgehead atoms. The van der Waals surface area contributed by atoms with Crippen molar-refractivity contribution >= 4 is 61.6 Å². The average Bonchev–Trinajstić information content (AvgIpc) is 2.78. The molecule has 1 aromatic heterocycles. The van der Waals surface area contributed by atoms with Crippen molar-refractivity contribution in [3.63, 3.8) is 0 Å². The second-order valence-electron chi connectivity index (χ2n) is 7.12. The molecule has 11 heteroatoms. The number of carbonyl (C=O) groups is 1. The second kappa shape index (κ2) is 10.4. The summed E-state index contributed by atoms with van der Waals surface area (Å²) in [5.74, 6) is -0.975. The van der Waals surface area contributed by atoms with Gasteiger partial charge in [-0.2, -0.15) is 0 Å². The van der Waals surface area contributed by atoms with Crippen LogP contribution in [0, 0.1) is 6.92 Å². The number of benzene rings is 2. The molecular weight excluding hydrogens is 532 g/mol. The van der Waals surface area contributed by atoms with Crippen LogP contribution in [0.3, 0.4) is 0 Å². The van der Waals surface area contributed by atoms with E-state index in [2.05, 4.69) is 26.2 Å². The topological polar surface area (TPSA) is 106 Å². The molecule has 0 aliphatic carbocycles. The highest BCUT2D eigenvalue weighted by molar-refractivity contribution is 9.10. The number of carbonyl (C=O) groups excluding carboxylic acids is 1. The first-order valence-corrected chi connectivity index (χ1v) is 11.8. The number of aromatic nitrogens is 2. The van der Waals surface area contributed by atoms with E-state index in [9.17, 15) is 19.5 Å². The van der Waals surface area contributed by atoms with Crippen LogP contribution in [-0.2, 0) is 18.9 Å². The van der Waals surface area contributed by atoms with E-state index in [0.717, 1.165) is 30.9 Å². The van der Waals surface area contributed by atoms with Crippen LogP contribution < -0.4 is 16.6 Å². The summed E-state index contributed by atoms with van der Waals surface area (Å²) in [5, 5.41) is 14.0. The van der Waals surface area contributed by atoms with Crippen LogP contribution in [0.15, 0.2) is 61.5 Å². The molecule has 0 radical (unpaired) electrons. The molecule has 2 N–H and O–H groups in total. The summed E-state index contributed by atoms with van der Waals surface area (Å²) in [4.78, 5) is 42.0. The molecule has 2 aromatic carbocycles. The van der Waals surface area contributed by atoms with Gasteiger partial charge in [0.15, 0.2) is 0 Å². The lowest BCUT2D eigenvalue weighted by atomic mass is 10.2. The van der Waals surface area contributed by atoms with Gasteiger partial charge in [-0.1, -0.05) is 29.4 Å². The van der Waals surface area contributed by atoms with E-state index < -0.39 is 17.1 Å². The monoisotopic (exact) mass is 550 g/mol. The maximum Gasteiger partial charge on any atom is 0.333 e. The Kier molecular flexibility index (Phi) is 7.83. The van der Waals surface area contributed by atoms with Crippen molar-refractivity contribution in [2.24, 2.45) is 19.1 Å². The number of aromatic hydroxyl groups is 1. The van der Waals surface area contributed by atoms with Crippen molar-refractivity contribution in [1.29, 1.82) is 0 Å². The number of rotatable bonds is 5. The van der Waals surface area contributed by atoms with Crippen LogP contribution in [0.4, 0.5) is 11.4 Å². The van der Waals surface area contributed by atoms with Crippen LogP contribution in [0.1, 0.15) is 11.1 Å². The van der Waals surface area contributed by atoms with Gasteiger partial charge in [-0.15, -0.1) is 0 Å². The predicted molar refractivity (Wildman–Crippen MR) is 136 cm³/mol. The Labute approximate surface area is 207 Å². The fraction of sp³-hybridized carbons (Fsp3) is 0.182. The summed E-state index contributed by atoms with van der Waals surface area (Å²) in [6.45, 7) is 1.94. The molecule has 8 nitrogen and oxygen atoms in total. The normalized spacial score (nSPS) is 11.5. The van der Waals surface area contributed by atoms with Gasteiger partial charge >= 0.3 is 5.69 Å². The van der Waals surface area contributed by atoms with E-state index in [1.807, 2.05) is 19.1 Å². The third-order valence-corrected chi connectivity index (χ3v) is 6.53. The van der Waals surface area contributed by atoms with Gasteiger partial charge in [0.05, 0.1) is 17.1 Å². The van der Waals surface area contributed by atoms with Gasteiger partial charge in [0.2, 0.25) is 11.8 Å². The Morgan fingerprint density at radius 1 is 1.15 bits per heavy atom. The standard InChI is InChI=1S/C22H20BrClN4O4S/c1-12-4-9-16(15(23)10-12)26-17(29)11-33-19(25-14-7-5-13(24)6-8-14)18-20(30)27(2)22(32)28(3)21(18)31/h4-10,30H,11H2,1-3H3,(H,26,29). The van der Waals surface area contributed by atoms with Gasteiger partial charge in [0, 0.05) is 23.6 Å². The molecule has 0 saturated carbocycles. The molecular formula is C22H20BrClN4O4S. The fourth-order valence-corrected chi connectivity index (χ4v) is 4.41. The molecule has 3 rings (SSSR count). The maximum absolute atomic E-state index is 12.8. The summed E-state index contributed by atoms with van der Waals surface area (Å²) >= 11 is 10.3. The number of nitrogens with zero attached hydrogens (tertiary/aromatic N) is 3. The third kappa shape index (κ3) is 5.76. The minimum Gasteiger partial charge on any atom is -0.494 e. The second-order valence-corrected chi connectivity index (χ2v) is 9.37. The molecule has 0 aliphatic rings. The number of hydrogen-bond donors (Lipinski definition) is 2. The number of amides is 1. The number of aryl methyl sites for hydroxylation is 1. The van der Waals surface area contributed by atoms with E-state index in [-0.39, 0.29) is 22.3 Å². The van der Waals surface area contributed by atoms with Crippen LogP contribution >= 0.6 is 39.3 Å². The number of nitrogens with one attached hydrogen (secondary N) is 1. The Hall–Kier alpha value is -2.82. The fourth-order valence-electron chi connectivity index (χ4n) is 2.86. The molecule has 0 unspecified atom stereocenters. The first kappa shape index (κ1) is 24.8. The summed E-state index contributed by atoms with van der Waals surface area (Å²) in [5.41, 5.74) is 0.509. The minimum atomic E-state index is -0.725. The SMILES string of the molecule is Cc1ccc(NC(=O)CSC(=Nc2ccc(Cl)cc2)c2c(O)n(C)c(=O)n(C)c2=O)c(Br)c1. The van der Waals surface area contributed by atoms with Gasteiger partial charge in [0.1, 0.15) is 10.6 Å². The van der Waals surface area contributed by atoms with Crippen molar-refractivity contribution in [2.75, 3.05) is 11.1 Å². The Balaban J connectivity index is 1.97. The molecule has 1 amide bonds. The van der Waals surface area contributed by atoms with Crippen molar-refractivity contribution in [1.82, 2.24) is 9.13 Å². The molecule has 0 aliphatic heterocycles. The number of thioether (sulfide) groups is 1. The predicted octanol–water partition coefficient (Wildman–Crippen LogP) is 3.96. The van der Waals surface area contributed by atoms with Crippen molar-refractivity contribution in [3.05, 3.63) is 83.9 Å². The highest BCUT2D eigenvalue weighted by atomic mass is 79.9. The summed E-state index contributed by atoms with van der Waals surface area (Å²) in [6.07, 6.45) is 0. The van der Waals surface area contributed by atoms with Crippen LogP contribution in [-0.4, -0.2) is 30.9 Å². The van der Waals surface area contributed by atoms with Gasteiger partial charge in [-0.25, -0.2) is 9.79 Å². The summed E-state index contributed by atoms with van der Waals surface area (Å²) in [6, 6.07) is 12.0. The molecule has 0 saturated heterocycles. The zero-order chi connectivity index (χ0) is 24.3. The molecule has 33 heavy (non-hydrogen) atoms. The number of halogens is 2. The van der Waals surface area contributed by atoms with E-state index in [4.69, 9.17) is 11.6 Å².